The second-order valence-electron chi connectivity index (χ2n) is 7.48. The molecule has 0 saturated carbocycles. The van der Waals surface area contributed by atoms with E-state index in [1.807, 2.05) is 11.0 Å². The maximum Gasteiger partial charge on any atom is 0.266 e. The molecule has 0 radical (unpaired) electrons. The number of alkyl halides is 2. The molecule has 2 atom stereocenters. The second kappa shape index (κ2) is 8.06. The van der Waals surface area contributed by atoms with E-state index in [0.29, 0.717) is 47.9 Å². The number of anilines is 2. The van der Waals surface area contributed by atoms with Crippen molar-refractivity contribution in [2.45, 2.75) is 38.8 Å². The van der Waals surface area contributed by atoms with Crippen molar-refractivity contribution < 1.29 is 18.3 Å². The quantitative estimate of drug-likeness (QED) is 0.650. The third-order valence-electron chi connectivity index (χ3n) is 5.28. The van der Waals surface area contributed by atoms with Gasteiger partial charge in [-0.25, -0.2) is 28.1 Å². The highest BCUT2D eigenvalue weighted by molar-refractivity contribution is 5.90. The van der Waals surface area contributed by atoms with E-state index in [4.69, 9.17) is 0 Å². The van der Waals surface area contributed by atoms with Crippen LogP contribution in [0, 0.1) is 12.7 Å². The number of fused-ring (bicyclic) bond motifs is 1. The van der Waals surface area contributed by atoms with Crippen LogP contribution >= 0.6 is 0 Å². The van der Waals surface area contributed by atoms with Gasteiger partial charge in [0.1, 0.15) is 23.3 Å². The Labute approximate surface area is 171 Å². The Hall–Kier alpha value is -2.94. The van der Waals surface area contributed by atoms with E-state index in [0.717, 1.165) is 6.07 Å². The highest BCUT2D eigenvalue weighted by Gasteiger charge is 2.23. The minimum absolute atomic E-state index is 0.133. The Kier molecular flexibility index (Phi) is 5.46. The van der Waals surface area contributed by atoms with E-state index in [1.165, 1.54) is 12.1 Å². The molecule has 0 aliphatic carbocycles. The monoisotopic (exact) mass is 417 g/mol. The van der Waals surface area contributed by atoms with Gasteiger partial charge in [0.2, 0.25) is 0 Å². The van der Waals surface area contributed by atoms with Gasteiger partial charge in [-0.2, -0.15) is 0 Å². The summed E-state index contributed by atoms with van der Waals surface area (Å²) in [5.74, 6) is 0.740. The first-order valence-corrected chi connectivity index (χ1v) is 9.74. The predicted molar refractivity (Wildman–Crippen MR) is 108 cm³/mol. The molecular weight excluding hydrogens is 395 g/mol. The van der Waals surface area contributed by atoms with Crippen LogP contribution in [0.2, 0.25) is 0 Å². The summed E-state index contributed by atoms with van der Waals surface area (Å²) < 4.78 is 40.7. The molecule has 3 aromatic rings. The maximum absolute atomic E-state index is 14.6. The zero-order valence-corrected chi connectivity index (χ0v) is 16.6. The fourth-order valence-corrected chi connectivity index (χ4v) is 3.72. The van der Waals surface area contributed by atoms with E-state index < -0.39 is 23.8 Å². The SMILES string of the molecule is Cc1nc(NC(C)c2cccc(C(F)F)c2F)c2cc(N3CC[C@@H](O)C3)ncc2n1. The Bertz CT molecular complexity index is 1080. The molecule has 3 heterocycles. The smallest absolute Gasteiger partial charge is 0.266 e. The lowest BCUT2D eigenvalue weighted by Crippen LogP contribution is -2.22. The van der Waals surface area contributed by atoms with Crippen molar-refractivity contribution in [3.05, 3.63) is 53.2 Å². The van der Waals surface area contributed by atoms with Crippen molar-refractivity contribution in [1.29, 1.82) is 0 Å². The Morgan fingerprint density at radius 1 is 1.23 bits per heavy atom. The van der Waals surface area contributed by atoms with Crippen molar-refractivity contribution in [3.63, 3.8) is 0 Å². The lowest BCUT2D eigenvalue weighted by Gasteiger charge is -2.20. The summed E-state index contributed by atoms with van der Waals surface area (Å²) >= 11 is 0. The van der Waals surface area contributed by atoms with Gasteiger partial charge in [-0.3, -0.25) is 0 Å². The summed E-state index contributed by atoms with van der Waals surface area (Å²) in [5.41, 5.74) is 0.126. The lowest BCUT2D eigenvalue weighted by molar-refractivity contribution is 0.146. The first-order chi connectivity index (χ1) is 14.3. The molecule has 1 fully saturated rings. The number of rotatable bonds is 5. The van der Waals surface area contributed by atoms with Gasteiger partial charge in [0, 0.05) is 24.0 Å². The average molecular weight is 417 g/mol. The molecule has 2 N–H and O–H groups in total. The van der Waals surface area contributed by atoms with E-state index in [2.05, 4.69) is 20.3 Å². The van der Waals surface area contributed by atoms with E-state index in [-0.39, 0.29) is 11.7 Å². The number of aromatic nitrogens is 3. The van der Waals surface area contributed by atoms with Gasteiger partial charge in [0.25, 0.3) is 6.43 Å². The van der Waals surface area contributed by atoms with Crippen LogP contribution in [0.15, 0.2) is 30.5 Å². The molecule has 1 aliphatic rings. The molecule has 158 valence electrons. The molecule has 0 amide bonds. The molecule has 0 bridgehead atoms. The second-order valence-corrected chi connectivity index (χ2v) is 7.48. The summed E-state index contributed by atoms with van der Waals surface area (Å²) in [6, 6.07) is 5.21. The van der Waals surface area contributed by atoms with E-state index in [1.54, 1.807) is 20.0 Å². The molecule has 6 nitrogen and oxygen atoms in total. The summed E-state index contributed by atoms with van der Waals surface area (Å²) in [5, 5.41) is 13.6. The number of aryl methyl sites for hydroxylation is 1. The van der Waals surface area contributed by atoms with Crippen LogP contribution < -0.4 is 10.2 Å². The molecule has 1 aliphatic heterocycles. The minimum Gasteiger partial charge on any atom is -0.391 e. The zero-order chi connectivity index (χ0) is 21.4. The number of hydrogen-bond donors (Lipinski definition) is 2. The van der Waals surface area contributed by atoms with Crippen molar-refractivity contribution in [3.8, 4) is 0 Å². The maximum atomic E-state index is 14.6. The van der Waals surface area contributed by atoms with Crippen molar-refractivity contribution in [1.82, 2.24) is 15.0 Å². The fourth-order valence-electron chi connectivity index (χ4n) is 3.72. The molecule has 4 rings (SSSR count). The van der Waals surface area contributed by atoms with Gasteiger partial charge < -0.3 is 15.3 Å². The van der Waals surface area contributed by atoms with Crippen LogP contribution in [-0.4, -0.2) is 39.3 Å². The number of halogens is 3. The molecule has 0 spiro atoms. The highest BCUT2D eigenvalue weighted by Crippen LogP contribution is 2.31. The summed E-state index contributed by atoms with van der Waals surface area (Å²) in [6.07, 6.45) is -0.965. The van der Waals surface area contributed by atoms with Gasteiger partial charge in [0.15, 0.2) is 0 Å². The standard InChI is InChI=1S/C21H22F3N5O/c1-11(14-4-3-5-15(19(14)22)20(23)24)26-21-16-8-18(29-7-6-13(30)10-29)25-9-17(16)27-12(2)28-21/h3-5,8-9,11,13,20,30H,6-7,10H2,1-2H3,(H,26,27,28)/t11?,13-/m1/s1. The van der Waals surface area contributed by atoms with Crippen LogP contribution in [0.4, 0.5) is 24.8 Å². The number of nitrogens with zero attached hydrogens (tertiary/aromatic N) is 4. The van der Waals surface area contributed by atoms with Crippen LogP contribution in [0.25, 0.3) is 10.9 Å². The molecular formula is C21H22F3N5O. The number of nitrogens with one attached hydrogen (secondary N) is 1. The van der Waals surface area contributed by atoms with Crippen molar-refractivity contribution >= 4 is 22.5 Å². The molecule has 1 aromatic carbocycles. The Balaban J connectivity index is 1.70. The lowest BCUT2D eigenvalue weighted by atomic mass is 10.0. The third-order valence-corrected chi connectivity index (χ3v) is 5.28. The van der Waals surface area contributed by atoms with Gasteiger partial charge >= 0.3 is 0 Å². The number of β-amino-alcohol motifs (C(OH)–C–C–N with tert-alkyl or cyclic N) is 1. The number of aliphatic hydroxyl groups excluding tert-OH is 1. The van der Waals surface area contributed by atoms with Gasteiger partial charge in [0.05, 0.1) is 29.4 Å². The molecule has 9 heteroatoms. The van der Waals surface area contributed by atoms with Gasteiger partial charge in [-0.05, 0) is 26.3 Å². The van der Waals surface area contributed by atoms with Crippen LogP contribution in [-0.2, 0) is 0 Å². The molecule has 1 unspecified atom stereocenters. The first-order valence-electron chi connectivity index (χ1n) is 9.74. The average Bonchev–Trinajstić information content (AvgIpc) is 3.13. The van der Waals surface area contributed by atoms with Gasteiger partial charge in [-0.15, -0.1) is 0 Å². The van der Waals surface area contributed by atoms with E-state index in [9.17, 15) is 18.3 Å². The van der Waals surface area contributed by atoms with Gasteiger partial charge in [-0.1, -0.05) is 18.2 Å². The number of benzene rings is 1. The molecule has 2 aromatic heterocycles. The summed E-state index contributed by atoms with van der Waals surface area (Å²) in [4.78, 5) is 15.3. The van der Waals surface area contributed by atoms with Crippen LogP contribution in [0.3, 0.4) is 0 Å². The Morgan fingerprint density at radius 3 is 2.70 bits per heavy atom. The summed E-state index contributed by atoms with van der Waals surface area (Å²) in [7, 11) is 0. The zero-order valence-electron chi connectivity index (χ0n) is 16.6. The molecule has 1 saturated heterocycles. The largest absolute Gasteiger partial charge is 0.391 e. The number of hydrogen-bond acceptors (Lipinski definition) is 6. The topological polar surface area (TPSA) is 74.2 Å². The normalized spacial score (nSPS) is 17.7. The third kappa shape index (κ3) is 3.89. The fraction of sp³-hybridized carbons (Fsp3) is 0.381. The van der Waals surface area contributed by atoms with Crippen molar-refractivity contribution in [2.75, 3.05) is 23.3 Å². The number of pyridine rings is 1. The predicted octanol–water partition coefficient (Wildman–Crippen LogP) is 4.15. The van der Waals surface area contributed by atoms with E-state index >= 15 is 0 Å². The minimum atomic E-state index is -2.89. The highest BCUT2D eigenvalue weighted by atomic mass is 19.3. The Morgan fingerprint density at radius 2 is 2.00 bits per heavy atom. The first kappa shape index (κ1) is 20.3. The number of aliphatic hydroxyl groups is 1. The van der Waals surface area contributed by atoms with Crippen LogP contribution in [0.5, 0.6) is 0 Å². The van der Waals surface area contributed by atoms with Crippen molar-refractivity contribution in [2.24, 2.45) is 0 Å². The molecule has 30 heavy (non-hydrogen) atoms. The summed E-state index contributed by atoms with van der Waals surface area (Å²) in [6.45, 7) is 4.61. The van der Waals surface area contributed by atoms with Crippen LogP contribution in [0.1, 0.15) is 42.8 Å².